The number of pyridine rings is 1. The van der Waals surface area contributed by atoms with Gasteiger partial charge in [0.1, 0.15) is 5.69 Å². The second-order valence-corrected chi connectivity index (χ2v) is 5.95. The Labute approximate surface area is 113 Å². The topological polar surface area (TPSA) is 42.4 Å². The van der Waals surface area contributed by atoms with Crippen molar-refractivity contribution in [3.63, 3.8) is 0 Å². The summed E-state index contributed by atoms with van der Waals surface area (Å²) in [4.78, 5) is 18.8. The van der Waals surface area contributed by atoms with Crippen LogP contribution in [0, 0.1) is 5.92 Å². The van der Waals surface area contributed by atoms with Gasteiger partial charge in [-0.25, -0.2) is 0 Å². The van der Waals surface area contributed by atoms with Crippen LogP contribution in [0.1, 0.15) is 36.7 Å². The smallest absolute Gasteiger partial charge is 0.273 e. The third kappa shape index (κ3) is 1.94. The Morgan fingerprint density at radius 3 is 3.05 bits per heavy atom. The summed E-state index contributed by atoms with van der Waals surface area (Å²) in [5.74, 6) is 0.725. The molecule has 0 spiro atoms. The zero-order valence-corrected chi connectivity index (χ0v) is 11.5. The summed E-state index contributed by atoms with van der Waals surface area (Å²) in [6, 6.07) is 5.86. The summed E-state index contributed by atoms with van der Waals surface area (Å²) in [6.45, 7) is 2.89. The van der Waals surface area contributed by atoms with E-state index < -0.39 is 0 Å². The first-order valence-electron chi connectivity index (χ1n) is 6.90. The zero-order chi connectivity index (χ0) is 13.5. The lowest BCUT2D eigenvalue weighted by Gasteiger charge is -2.63. The molecule has 1 aromatic heterocycles. The average molecular weight is 260 g/mol. The van der Waals surface area contributed by atoms with Crippen molar-refractivity contribution in [2.75, 3.05) is 13.7 Å². The molecule has 1 aliphatic carbocycles. The van der Waals surface area contributed by atoms with Crippen molar-refractivity contribution in [1.29, 1.82) is 0 Å². The molecule has 3 rings (SSSR count). The Balaban J connectivity index is 1.86. The van der Waals surface area contributed by atoms with E-state index in [4.69, 9.17) is 4.74 Å². The van der Waals surface area contributed by atoms with E-state index in [1.165, 1.54) is 0 Å². The number of fused-ring (bicyclic) bond motifs is 2. The fourth-order valence-corrected chi connectivity index (χ4v) is 3.92. The van der Waals surface area contributed by atoms with Gasteiger partial charge in [-0.2, -0.15) is 0 Å². The highest BCUT2D eigenvalue weighted by molar-refractivity contribution is 5.93. The van der Waals surface area contributed by atoms with Crippen LogP contribution in [-0.4, -0.2) is 41.1 Å². The van der Waals surface area contributed by atoms with E-state index in [0.717, 1.165) is 19.3 Å². The highest BCUT2D eigenvalue weighted by Crippen LogP contribution is 2.50. The largest absolute Gasteiger partial charge is 0.382 e. The van der Waals surface area contributed by atoms with Gasteiger partial charge in [-0.3, -0.25) is 9.78 Å². The first-order chi connectivity index (χ1) is 9.16. The molecular weight excluding hydrogens is 240 g/mol. The van der Waals surface area contributed by atoms with Gasteiger partial charge in [0, 0.05) is 19.3 Å². The van der Waals surface area contributed by atoms with Crippen molar-refractivity contribution in [3.05, 3.63) is 30.1 Å². The predicted molar refractivity (Wildman–Crippen MR) is 71.8 cm³/mol. The van der Waals surface area contributed by atoms with Crippen molar-refractivity contribution >= 4 is 5.91 Å². The minimum Gasteiger partial charge on any atom is -0.382 e. The number of hydrogen-bond acceptors (Lipinski definition) is 3. The van der Waals surface area contributed by atoms with Gasteiger partial charge in [-0.05, 0) is 37.3 Å². The Bertz CT molecular complexity index is 472. The molecule has 1 amide bonds. The van der Waals surface area contributed by atoms with E-state index in [2.05, 4.69) is 11.9 Å². The summed E-state index contributed by atoms with van der Waals surface area (Å²) in [5, 5.41) is 0. The number of carbonyl (C=O) groups excluding carboxylic acids is 1. The van der Waals surface area contributed by atoms with Crippen LogP contribution in [0.2, 0.25) is 0 Å². The maximum atomic E-state index is 12.6. The number of piperidine rings is 1. The minimum atomic E-state index is -0.0916. The van der Waals surface area contributed by atoms with Crippen LogP contribution in [0.25, 0.3) is 0 Å². The van der Waals surface area contributed by atoms with E-state index in [1.807, 2.05) is 17.0 Å². The molecule has 2 bridgehead atoms. The summed E-state index contributed by atoms with van der Waals surface area (Å²) >= 11 is 0. The number of nitrogens with zero attached hydrogens (tertiary/aromatic N) is 2. The van der Waals surface area contributed by atoms with Crippen LogP contribution >= 0.6 is 0 Å². The Morgan fingerprint density at radius 1 is 1.53 bits per heavy atom. The molecule has 1 aliphatic heterocycles. The quantitative estimate of drug-likeness (QED) is 0.836. The number of aromatic nitrogens is 1. The number of likely N-dealkylation sites (tertiary alicyclic amines) is 1. The van der Waals surface area contributed by atoms with Gasteiger partial charge in [0.2, 0.25) is 0 Å². The number of hydrogen-bond donors (Lipinski definition) is 0. The lowest BCUT2D eigenvalue weighted by molar-refractivity contribution is -0.129. The molecule has 1 aromatic rings. The molecule has 2 fully saturated rings. The van der Waals surface area contributed by atoms with E-state index in [1.54, 1.807) is 19.4 Å². The lowest BCUT2D eigenvalue weighted by Crippen LogP contribution is -2.73. The molecular formula is C15H20N2O2. The summed E-state index contributed by atoms with van der Waals surface area (Å²) in [7, 11) is 1.71. The highest BCUT2D eigenvalue weighted by Gasteiger charge is 2.58. The molecule has 1 saturated carbocycles. The van der Waals surface area contributed by atoms with E-state index >= 15 is 0 Å². The fraction of sp³-hybridized carbons (Fsp3) is 0.600. The first kappa shape index (κ1) is 12.6. The molecule has 1 saturated heterocycles. The van der Waals surface area contributed by atoms with Crippen LogP contribution in [0.3, 0.4) is 0 Å². The molecule has 0 aromatic carbocycles. The van der Waals surface area contributed by atoms with Gasteiger partial charge >= 0.3 is 0 Å². The second-order valence-electron chi connectivity index (χ2n) is 5.95. The molecule has 2 aliphatic rings. The normalized spacial score (nSPS) is 32.8. The predicted octanol–water partition coefficient (Wildman–Crippen LogP) is 2.11. The summed E-state index contributed by atoms with van der Waals surface area (Å²) < 4.78 is 5.37. The number of ether oxygens (including phenoxy) is 1. The van der Waals surface area contributed by atoms with E-state index in [-0.39, 0.29) is 11.4 Å². The van der Waals surface area contributed by atoms with Crippen molar-refractivity contribution in [2.45, 2.75) is 37.8 Å². The third-order valence-corrected chi connectivity index (χ3v) is 4.41. The molecule has 3 unspecified atom stereocenters. The highest BCUT2D eigenvalue weighted by atomic mass is 16.5. The molecule has 4 heteroatoms. The molecule has 0 radical (unpaired) electrons. The molecule has 3 atom stereocenters. The number of rotatable bonds is 3. The monoisotopic (exact) mass is 260 g/mol. The van der Waals surface area contributed by atoms with Crippen LogP contribution in [0.5, 0.6) is 0 Å². The number of carbonyl (C=O) groups is 1. The molecule has 2 heterocycles. The minimum absolute atomic E-state index is 0.0563. The van der Waals surface area contributed by atoms with Gasteiger partial charge < -0.3 is 9.64 Å². The first-order valence-corrected chi connectivity index (χ1v) is 6.90. The SMILES string of the molecule is COCC12CC(C)CC(C1)N2C(=O)c1ccccn1. The van der Waals surface area contributed by atoms with Crippen molar-refractivity contribution in [3.8, 4) is 0 Å². The second kappa shape index (κ2) is 4.60. The van der Waals surface area contributed by atoms with Crippen LogP contribution in [-0.2, 0) is 4.74 Å². The molecule has 4 nitrogen and oxygen atoms in total. The van der Waals surface area contributed by atoms with Crippen LogP contribution < -0.4 is 0 Å². The molecule has 102 valence electrons. The van der Waals surface area contributed by atoms with Crippen molar-refractivity contribution in [1.82, 2.24) is 9.88 Å². The Hall–Kier alpha value is -1.42. The van der Waals surface area contributed by atoms with Gasteiger partial charge in [0.15, 0.2) is 0 Å². The maximum absolute atomic E-state index is 12.6. The molecule has 19 heavy (non-hydrogen) atoms. The maximum Gasteiger partial charge on any atom is 0.273 e. The van der Waals surface area contributed by atoms with Gasteiger partial charge in [0.25, 0.3) is 5.91 Å². The summed E-state index contributed by atoms with van der Waals surface area (Å²) in [6.07, 6.45) is 4.89. The van der Waals surface area contributed by atoms with Gasteiger partial charge in [0.05, 0.1) is 12.1 Å². The lowest BCUT2D eigenvalue weighted by atomic mass is 9.64. The standard InChI is InChI=1S/C15H20N2O2/c1-11-7-12-9-15(8-11,10-19-2)17(12)14(18)13-5-3-4-6-16-13/h3-6,11-12H,7-10H2,1-2H3. The Morgan fingerprint density at radius 2 is 2.37 bits per heavy atom. The van der Waals surface area contributed by atoms with Gasteiger partial charge in [-0.1, -0.05) is 13.0 Å². The zero-order valence-electron chi connectivity index (χ0n) is 11.5. The average Bonchev–Trinajstić information content (AvgIpc) is 2.39. The van der Waals surface area contributed by atoms with Crippen LogP contribution in [0.15, 0.2) is 24.4 Å². The third-order valence-electron chi connectivity index (χ3n) is 4.41. The van der Waals surface area contributed by atoms with Crippen molar-refractivity contribution in [2.24, 2.45) is 5.92 Å². The number of methoxy groups -OCH3 is 1. The van der Waals surface area contributed by atoms with Crippen LogP contribution in [0.4, 0.5) is 0 Å². The number of amides is 1. The van der Waals surface area contributed by atoms with E-state index in [0.29, 0.717) is 24.3 Å². The Kier molecular flexibility index (Phi) is 3.05. The fourth-order valence-electron chi connectivity index (χ4n) is 3.92. The molecule has 0 N–H and O–H groups in total. The summed E-state index contributed by atoms with van der Waals surface area (Å²) in [5.41, 5.74) is 0.452. The van der Waals surface area contributed by atoms with E-state index in [9.17, 15) is 4.79 Å². The van der Waals surface area contributed by atoms with Crippen molar-refractivity contribution < 1.29 is 9.53 Å². The van der Waals surface area contributed by atoms with Gasteiger partial charge in [-0.15, -0.1) is 0 Å².